The molecule has 10 nitrogen and oxygen atoms in total. The van der Waals surface area contributed by atoms with E-state index in [0.29, 0.717) is 37.6 Å². The lowest BCUT2D eigenvalue weighted by Crippen LogP contribution is -2.36. The molecule has 2 aromatic rings. The van der Waals surface area contributed by atoms with Crippen LogP contribution in [0.1, 0.15) is 47.0 Å². The van der Waals surface area contributed by atoms with Gasteiger partial charge in [0.2, 0.25) is 0 Å². The van der Waals surface area contributed by atoms with Gasteiger partial charge < -0.3 is 37.4 Å². The van der Waals surface area contributed by atoms with Crippen LogP contribution in [0.5, 0.6) is 0 Å². The Bertz CT molecular complexity index is 1220. The highest BCUT2D eigenvalue weighted by molar-refractivity contribution is 6.64. The maximum Gasteiger partial charge on any atom is 0.494 e. The number of rotatable bonds is 10. The zero-order chi connectivity index (χ0) is 33.5. The van der Waals surface area contributed by atoms with Crippen molar-refractivity contribution in [2.75, 3.05) is 33.5 Å². The van der Waals surface area contributed by atoms with Gasteiger partial charge in [0.1, 0.15) is 0 Å². The SMILES string of the molecule is C=C(C)C(=O)OC.C=C(C)C(=O)OCCCCC1COB(c2ccccc2)O1.CC1COB(c2ccc(B3OCC(C)O3)cc2)O1. The molecule has 246 valence electrons. The predicted molar refractivity (Wildman–Crippen MR) is 179 cm³/mol. The Morgan fingerprint density at radius 3 is 1.63 bits per heavy atom. The second-order valence-corrected chi connectivity index (χ2v) is 11.4. The molecular formula is C33H45B3O10. The maximum atomic E-state index is 11.2. The van der Waals surface area contributed by atoms with Crippen LogP contribution in [0.3, 0.4) is 0 Å². The highest BCUT2D eigenvalue weighted by Gasteiger charge is 2.34. The van der Waals surface area contributed by atoms with Crippen molar-refractivity contribution in [1.29, 1.82) is 0 Å². The van der Waals surface area contributed by atoms with Crippen molar-refractivity contribution < 1.29 is 47.0 Å². The Kier molecular flexibility index (Phi) is 15.8. The van der Waals surface area contributed by atoms with E-state index in [-0.39, 0.29) is 51.6 Å². The monoisotopic (exact) mass is 634 g/mol. The van der Waals surface area contributed by atoms with E-state index in [0.717, 1.165) is 35.7 Å². The second kappa shape index (κ2) is 19.5. The molecule has 0 aromatic heterocycles. The van der Waals surface area contributed by atoms with Gasteiger partial charge in [-0.25, -0.2) is 9.59 Å². The van der Waals surface area contributed by atoms with E-state index < -0.39 is 0 Å². The number of carbonyl (C=O) groups is 2. The van der Waals surface area contributed by atoms with Crippen LogP contribution in [0.2, 0.25) is 0 Å². The van der Waals surface area contributed by atoms with Crippen molar-refractivity contribution in [2.45, 2.75) is 65.3 Å². The van der Waals surface area contributed by atoms with Crippen LogP contribution in [0.25, 0.3) is 0 Å². The topological polar surface area (TPSA) is 108 Å². The van der Waals surface area contributed by atoms with E-state index >= 15 is 0 Å². The third-order valence-corrected chi connectivity index (χ3v) is 7.01. The van der Waals surface area contributed by atoms with Gasteiger partial charge in [-0.3, -0.25) is 0 Å². The van der Waals surface area contributed by atoms with Crippen LogP contribution in [0.15, 0.2) is 78.9 Å². The Labute approximate surface area is 274 Å². The van der Waals surface area contributed by atoms with Gasteiger partial charge in [0.15, 0.2) is 0 Å². The fourth-order valence-electron chi connectivity index (χ4n) is 4.51. The van der Waals surface area contributed by atoms with Crippen LogP contribution in [0, 0.1) is 0 Å². The molecule has 0 bridgehead atoms. The number of hydrogen-bond acceptors (Lipinski definition) is 10. The molecule has 3 heterocycles. The number of benzene rings is 2. The number of ether oxygens (including phenoxy) is 2. The first-order chi connectivity index (χ1) is 22.1. The largest absolute Gasteiger partial charge is 0.494 e. The number of carbonyl (C=O) groups excluding carboxylic acids is 2. The first-order valence-electron chi connectivity index (χ1n) is 15.6. The number of methoxy groups -OCH3 is 1. The van der Waals surface area contributed by atoms with E-state index in [2.05, 4.69) is 17.9 Å². The molecule has 13 heteroatoms. The van der Waals surface area contributed by atoms with E-state index in [1.54, 1.807) is 13.8 Å². The molecule has 3 fully saturated rings. The first-order valence-corrected chi connectivity index (χ1v) is 15.6. The molecule has 3 atom stereocenters. The van der Waals surface area contributed by atoms with Crippen molar-refractivity contribution in [1.82, 2.24) is 0 Å². The van der Waals surface area contributed by atoms with E-state index in [9.17, 15) is 9.59 Å². The minimum atomic E-state index is -0.347. The summed E-state index contributed by atoms with van der Waals surface area (Å²) >= 11 is 0. The molecule has 3 unspecified atom stereocenters. The third kappa shape index (κ3) is 12.5. The molecule has 46 heavy (non-hydrogen) atoms. The van der Waals surface area contributed by atoms with Crippen LogP contribution in [0.4, 0.5) is 0 Å². The number of unbranched alkanes of at least 4 members (excludes halogenated alkanes) is 1. The van der Waals surface area contributed by atoms with Gasteiger partial charge in [-0.1, -0.05) is 67.8 Å². The molecule has 3 saturated heterocycles. The summed E-state index contributed by atoms with van der Waals surface area (Å²) in [7, 11) is 0.603. The third-order valence-electron chi connectivity index (χ3n) is 7.01. The minimum Gasteiger partial charge on any atom is -0.466 e. The lowest BCUT2D eigenvalue weighted by molar-refractivity contribution is -0.139. The highest BCUT2D eigenvalue weighted by atomic mass is 16.7. The fourth-order valence-corrected chi connectivity index (χ4v) is 4.51. The average molecular weight is 634 g/mol. The molecule has 0 amide bonds. The lowest BCUT2D eigenvalue weighted by atomic mass is 9.74. The van der Waals surface area contributed by atoms with Crippen molar-refractivity contribution in [2.24, 2.45) is 0 Å². The summed E-state index contributed by atoms with van der Waals surface area (Å²) in [6.07, 6.45) is 3.13. The molecule has 0 spiro atoms. The van der Waals surface area contributed by atoms with E-state index in [1.165, 1.54) is 7.11 Å². The number of hydrogen-bond donors (Lipinski definition) is 0. The lowest BCUT2D eigenvalue weighted by Gasteiger charge is -2.09. The Morgan fingerprint density at radius 1 is 0.717 bits per heavy atom. The summed E-state index contributed by atoms with van der Waals surface area (Å²) in [4.78, 5) is 21.4. The smallest absolute Gasteiger partial charge is 0.466 e. The van der Waals surface area contributed by atoms with Gasteiger partial charge >= 0.3 is 33.3 Å². The van der Waals surface area contributed by atoms with Gasteiger partial charge in [0.25, 0.3) is 0 Å². The Balaban J connectivity index is 0.000000210. The molecular weight excluding hydrogens is 589 g/mol. The highest BCUT2D eigenvalue weighted by Crippen LogP contribution is 2.15. The van der Waals surface area contributed by atoms with Gasteiger partial charge in [0.05, 0.1) is 51.8 Å². The van der Waals surface area contributed by atoms with Gasteiger partial charge in [-0.15, -0.1) is 0 Å². The summed E-state index contributed by atoms with van der Waals surface area (Å²) in [5, 5.41) is 0. The molecule has 5 rings (SSSR count). The Hall–Kier alpha value is -3.19. The average Bonchev–Trinajstić information content (AvgIpc) is 3.83. The van der Waals surface area contributed by atoms with E-state index in [1.807, 2.05) is 68.4 Å². The molecule has 3 aliphatic heterocycles. The van der Waals surface area contributed by atoms with Crippen molar-refractivity contribution in [3.8, 4) is 0 Å². The normalized spacial score (nSPS) is 20.3. The molecule has 0 aliphatic carbocycles. The minimum absolute atomic E-state index is 0.118. The maximum absolute atomic E-state index is 11.2. The summed E-state index contributed by atoms with van der Waals surface area (Å²) in [5.74, 6) is -0.667. The van der Waals surface area contributed by atoms with Gasteiger partial charge in [0, 0.05) is 11.1 Å². The van der Waals surface area contributed by atoms with Gasteiger partial charge in [-0.2, -0.15) is 0 Å². The summed E-state index contributed by atoms with van der Waals surface area (Å²) in [5.41, 5.74) is 3.99. The summed E-state index contributed by atoms with van der Waals surface area (Å²) in [6.45, 7) is 16.5. The fraction of sp³-hybridized carbons (Fsp3) is 0.455. The van der Waals surface area contributed by atoms with Crippen molar-refractivity contribution >= 4 is 49.7 Å². The summed E-state index contributed by atoms with van der Waals surface area (Å²) < 4.78 is 43.2. The van der Waals surface area contributed by atoms with Gasteiger partial charge in [-0.05, 0) is 63.3 Å². The number of esters is 2. The molecule has 0 saturated carbocycles. The predicted octanol–water partition coefficient (Wildman–Crippen LogP) is 2.77. The standard InChI is InChI=1S/C16H21BO4.C12H16B2O4.C5H8O2/c1-13(2)16(18)19-11-7-6-10-15-12-20-17(21-15)14-8-4-3-5-9-14;1-9-7-15-13(17-9)11-3-5-12(6-4-11)14-16-8-10(2)18-14;1-4(2)5(6)7-3/h3-5,8-9,15H,1,6-7,10-12H2,2H3;3-6,9-10H,7-8H2,1-2H3;1H2,2-3H3. The molecule has 2 aromatic carbocycles. The zero-order valence-electron chi connectivity index (χ0n) is 27.6. The van der Waals surface area contributed by atoms with E-state index in [4.69, 9.17) is 32.7 Å². The molecule has 3 aliphatic rings. The van der Waals surface area contributed by atoms with Crippen LogP contribution in [-0.2, 0) is 47.0 Å². The summed E-state index contributed by atoms with van der Waals surface area (Å²) in [6, 6.07) is 18.0. The zero-order valence-corrected chi connectivity index (χ0v) is 27.6. The first kappa shape index (κ1) is 37.3. The van der Waals surface area contributed by atoms with Crippen molar-refractivity contribution in [3.63, 3.8) is 0 Å². The van der Waals surface area contributed by atoms with Crippen LogP contribution < -0.4 is 16.4 Å². The Morgan fingerprint density at radius 2 is 1.20 bits per heavy atom. The van der Waals surface area contributed by atoms with Crippen molar-refractivity contribution in [3.05, 3.63) is 78.9 Å². The molecule has 0 N–H and O–H groups in total. The van der Waals surface area contributed by atoms with Crippen LogP contribution >= 0.6 is 0 Å². The second-order valence-electron chi connectivity index (χ2n) is 11.4. The molecule has 0 radical (unpaired) electrons. The quantitative estimate of drug-likeness (QED) is 0.168. The van der Waals surface area contributed by atoms with Crippen LogP contribution in [-0.4, -0.2) is 85.1 Å².